The Labute approximate surface area is 128 Å². The van der Waals surface area contributed by atoms with E-state index in [2.05, 4.69) is 34.3 Å². The molecule has 1 saturated heterocycles. The predicted octanol–water partition coefficient (Wildman–Crippen LogP) is 1.51. The quantitative estimate of drug-likeness (QED) is 0.913. The number of hydrogen-bond donors (Lipinski definition) is 1. The van der Waals surface area contributed by atoms with Crippen LogP contribution in [0.25, 0.3) is 11.0 Å². The van der Waals surface area contributed by atoms with Crippen molar-refractivity contribution in [3.8, 4) is 0 Å². The molecule has 2 atom stereocenters. The molecule has 118 valence electrons. The molecular weight excluding hydrogens is 285 g/mol. The topological polar surface area (TPSA) is 65.1 Å². The van der Waals surface area contributed by atoms with Crippen LogP contribution in [0.3, 0.4) is 0 Å². The highest BCUT2D eigenvalue weighted by Gasteiger charge is 2.31. The molecule has 0 saturated carbocycles. The molecule has 1 aliphatic heterocycles. The molecule has 0 radical (unpaired) electrons. The number of aromatic nitrogens is 3. The number of nitrogens with zero attached hydrogens (tertiary/aromatic N) is 4. The number of nitrogens with one attached hydrogen (secondary N) is 1. The van der Waals surface area contributed by atoms with Crippen LogP contribution < -0.4 is 0 Å². The number of benzene rings is 1. The van der Waals surface area contributed by atoms with Crippen LogP contribution in [0.1, 0.15) is 23.7 Å². The first-order valence-corrected chi connectivity index (χ1v) is 7.43. The fourth-order valence-corrected chi connectivity index (χ4v) is 3.34. The summed E-state index contributed by atoms with van der Waals surface area (Å²) in [5, 5.41) is 10.3. The average Bonchev–Trinajstić information content (AvgIpc) is 2.93. The van der Waals surface area contributed by atoms with Crippen molar-refractivity contribution < 1.29 is 9.18 Å². The van der Waals surface area contributed by atoms with Crippen molar-refractivity contribution in [2.24, 2.45) is 5.92 Å². The lowest BCUT2D eigenvalue weighted by Gasteiger charge is -2.40. The van der Waals surface area contributed by atoms with Gasteiger partial charge in [0.2, 0.25) is 0 Å². The Morgan fingerprint density at radius 3 is 2.95 bits per heavy atom. The van der Waals surface area contributed by atoms with E-state index in [1.165, 1.54) is 12.1 Å². The van der Waals surface area contributed by atoms with Crippen molar-refractivity contribution in [3.05, 3.63) is 23.5 Å². The zero-order chi connectivity index (χ0) is 15.9. The summed E-state index contributed by atoms with van der Waals surface area (Å²) >= 11 is 0. The number of amides is 1. The number of carbonyl (C=O) groups is 1. The molecule has 1 aromatic carbocycles. The summed E-state index contributed by atoms with van der Waals surface area (Å²) in [7, 11) is 3.87. The molecule has 1 aromatic heterocycles. The van der Waals surface area contributed by atoms with Gasteiger partial charge in [-0.25, -0.2) is 4.39 Å². The normalized spacial score (nSPS) is 22.9. The van der Waals surface area contributed by atoms with E-state index in [0.717, 1.165) is 19.5 Å². The van der Waals surface area contributed by atoms with Gasteiger partial charge in [-0.2, -0.15) is 15.4 Å². The molecule has 3 rings (SSSR count). The molecule has 6 nitrogen and oxygen atoms in total. The van der Waals surface area contributed by atoms with Crippen molar-refractivity contribution in [2.45, 2.75) is 19.4 Å². The van der Waals surface area contributed by atoms with E-state index >= 15 is 0 Å². The molecule has 22 heavy (non-hydrogen) atoms. The summed E-state index contributed by atoms with van der Waals surface area (Å²) in [6, 6.07) is 2.66. The molecule has 0 aliphatic carbocycles. The number of likely N-dealkylation sites (tertiary alicyclic amines) is 1. The smallest absolute Gasteiger partial charge is 0.256 e. The van der Waals surface area contributed by atoms with Gasteiger partial charge in [0.25, 0.3) is 5.91 Å². The highest BCUT2D eigenvalue weighted by Crippen LogP contribution is 2.24. The molecular formula is C15H20FN5O. The molecule has 2 heterocycles. The van der Waals surface area contributed by atoms with Gasteiger partial charge in [-0.3, -0.25) is 4.79 Å². The minimum absolute atomic E-state index is 0.147. The molecule has 7 heteroatoms. The second kappa shape index (κ2) is 5.64. The highest BCUT2D eigenvalue weighted by atomic mass is 19.1. The van der Waals surface area contributed by atoms with E-state index in [1.807, 2.05) is 0 Å². The van der Waals surface area contributed by atoms with Crippen LogP contribution in [0.2, 0.25) is 0 Å². The largest absolute Gasteiger partial charge is 0.338 e. The third kappa shape index (κ3) is 2.56. The van der Waals surface area contributed by atoms with Crippen molar-refractivity contribution in [1.29, 1.82) is 0 Å². The summed E-state index contributed by atoms with van der Waals surface area (Å²) in [6.45, 7) is 4.04. The van der Waals surface area contributed by atoms with E-state index in [9.17, 15) is 9.18 Å². The lowest BCUT2D eigenvalue weighted by atomic mass is 9.92. The number of rotatable bonds is 2. The second-order valence-corrected chi connectivity index (χ2v) is 6.16. The third-order valence-corrected chi connectivity index (χ3v) is 4.50. The number of carbonyl (C=O) groups excluding carboxylic acids is 1. The molecule has 2 aromatic rings. The fourth-order valence-electron chi connectivity index (χ4n) is 3.34. The van der Waals surface area contributed by atoms with E-state index < -0.39 is 5.82 Å². The van der Waals surface area contributed by atoms with Crippen LogP contribution in [0.15, 0.2) is 12.1 Å². The minimum Gasteiger partial charge on any atom is -0.338 e. The molecule has 2 unspecified atom stereocenters. The summed E-state index contributed by atoms with van der Waals surface area (Å²) in [6.07, 6.45) is 0.914. The minimum atomic E-state index is -0.477. The highest BCUT2D eigenvalue weighted by molar-refractivity contribution is 6.04. The fraction of sp³-hybridized carbons (Fsp3) is 0.533. The van der Waals surface area contributed by atoms with E-state index in [-0.39, 0.29) is 17.5 Å². The standard InChI is InChI=1S/C15H20FN5O/c1-9-8-20(2)5-4-13(9)21(3)15(22)11-6-10(16)7-12-14(11)18-19-17-12/h6-7,9,13H,4-5,8H2,1-3H3,(H,17,18,19). The Morgan fingerprint density at radius 2 is 2.23 bits per heavy atom. The van der Waals surface area contributed by atoms with Crippen LogP contribution in [-0.2, 0) is 0 Å². The average molecular weight is 305 g/mol. The molecule has 1 fully saturated rings. The van der Waals surface area contributed by atoms with Gasteiger partial charge in [0, 0.05) is 25.7 Å². The summed E-state index contributed by atoms with van der Waals surface area (Å²) in [4.78, 5) is 16.8. The maximum atomic E-state index is 13.7. The maximum absolute atomic E-state index is 13.7. The van der Waals surface area contributed by atoms with Crippen molar-refractivity contribution in [3.63, 3.8) is 0 Å². The van der Waals surface area contributed by atoms with E-state index in [0.29, 0.717) is 17.0 Å². The molecule has 1 aliphatic rings. The molecule has 1 N–H and O–H groups in total. The molecule has 0 bridgehead atoms. The first-order valence-electron chi connectivity index (χ1n) is 7.43. The van der Waals surface area contributed by atoms with Gasteiger partial charge in [-0.1, -0.05) is 6.92 Å². The maximum Gasteiger partial charge on any atom is 0.256 e. The predicted molar refractivity (Wildman–Crippen MR) is 81.0 cm³/mol. The monoisotopic (exact) mass is 305 g/mol. The Kier molecular flexibility index (Phi) is 3.82. The van der Waals surface area contributed by atoms with Crippen LogP contribution in [-0.4, -0.2) is 64.3 Å². The zero-order valence-corrected chi connectivity index (χ0v) is 13.0. The van der Waals surface area contributed by atoms with Gasteiger partial charge >= 0.3 is 0 Å². The van der Waals surface area contributed by atoms with Gasteiger partial charge < -0.3 is 9.80 Å². The first kappa shape index (κ1) is 14.9. The van der Waals surface area contributed by atoms with Crippen LogP contribution in [0, 0.1) is 11.7 Å². The van der Waals surface area contributed by atoms with Gasteiger partial charge in [0.15, 0.2) is 0 Å². The number of piperidine rings is 1. The Hall–Kier alpha value is -2.02. The lowest BCUT2D eigenvalue weighted by molar-refractivity contribution is 0.0550. The van der Waals surface area contributed by atoms with Crippen molar-refractivity contribution in [2.75, 3.05) is 27.2 Å². The van der Waals surface area contributed by atoms with E-state index in [1.54, 1.807) is 11.9 Å². The Bertz CT molecular complexity index is 700. The number of hydrogen-bond acceptors (Lipinski definition) is 4. The van der Waals surface area contributed by atoms with Crippen LogP contribution >= 0.6 is 0 Å². The molecule has 0 spiro atoms. The SMILES string of the molecule is CC1CN(C)CCC1N(C)C(=O)c1cc(F)cc2n[nH]nc12. The van der Waals surface area contributed by atoms with Gasteiger partial charge in [0.1, 0.15) is 16.9 Å². The molecule has 1 amide bonds. The Balaban J connectivity index is 1.90. The first-order chi connectivity index (χ1) is 10.5. The van der Waals surface area contributed by atoms with Gasteiger partial charge in [-0.05, 0) is 32.0 Å². The summed E-state index contributed by atoms with van der Waals surface area (Å²) in [5.41, 5.74) is 1.05. The van der Waals surface area contributed by atoms with Crippen molar-refractivity contribution in [1.82, 2.24) is 25.2 Å². The number of H-pyrrole nitrogens is 1. The van der Waals surface area contributed by atoms with Crippen LogP contribution in [0.4, 0.5) is 4.39 Å². The van der Waals surface area contributed by atoms with E-state index in [4.69, 9.17) is 0 Å². The van der Waals surface area contributed by atoms with Gasteiger partial charge in [-0.15, -0.1) is 0 Å². The second-order valence-electron chi connectivity index (χ2n) is 6.16. The van der Waals surface area contributed by atoms with Gasteiger partial charge in [0.05, 0.1) is 5.56 Å². The Morgan fingerprint density at radius 1 is 1.45 bits per heavy atom. The number of aromatic amines is 1. The zero-order valence-electron chi connectivity index (χ0n) is 13.0. The number of fused-ring (bicyclic) bond motifs is 1. The summed E-state index contributed by atoms with van der Waals surface area (Å²) in [5.74, 6) is -0.316. The summed E-state index contributed by atoms with van der Waals surface area (Å²) < 4.78 is 13.7. The lowest BCUT2D eigenvalue weighted by Crippen LogP contribution is -2.49. The third-order valence-electron chi connectivity index (χ3n) is 4.50. The van der Waals surface area contributed by atoms with Crippen molar-refractivity contribution >= 4 is 16.9 Å². The number of halogens is 1. The van der Waals surface area contributed by atoms with Crippen LogP contribution in [0.5, 0.6) is 0 Å².